The van der Waals surface area contributed by atoms with E-state index in [2.05, 4.69) is 10.6 Å². The van der Waals surface area contributed by atoms with Crippen molar-refractivity contribution >= 4 is 41.7 Å². The first kappa shape index (κ1) is 18.6. The van der Waals surface area contributed by atoms with E-state index in [1.807, 2.05) is 18.7 Å². The molecule has 2 atom stereocenters. The first-order valence-electron chi connectivity index (χ1n) is 6.61. The van der Waals surface area contributed by atoms with E-state index in [1.165, 1.54) is 6.07 Å². The molecule has 0 radical (unpaired) electrons. The topological polar surface area (TPSA) is 41.1 Å². The molecule has 21 heavy (non-hydrogen) atoms. The molecule has 1 aliphatic heterocycles. The lowest BCUT2D eigenvalue weighted by atomic mass is 10.1. The fraction of sp³-hybridized carbons (Fsp3) is 0.500. The summed E-state index contributed by atoms with van der Waals surface area (Å²) in [7, 11) is 0. The Morgan fingerprint density at radius 3 is 3.00 bits per heavy atom. The van der Waals surface area contributed by atoms with Gasteiger partial charge in [0.2, 0.25) is 5.91 Å². The molecule has 0 saturated carbocycles. The number of halogens is 3. The van der Waals surface area contributed by atoms with Gasteiger partial charge in [-0.3, -0.25) is 4.79 Å². The molecule has 1 aromatic carbocycles. The standard InChI is InChI=1S/C14H18ClFN2OS.ClH/c1-9(10-2-3-13(16)12(15)6-10)18-14(19)7-11-8-20-5-4-17-11;/h2-3,6,9,11,17H,4-5,7-8H2,1H3,(H,18,19);1H. The van der Waals surface area contributed by atoms with Gasteiger partial charge in [-0.05, 0) is 24.6 Å². The minimum Gasteiger partial charge on any atom is -0.350 e. The molecule has 0 aromatic heterocycles. The Morgan fingerprint density at radius 1 is 1.62 bits per heavy atom. The van der Waals surface area contributed by atoms with Gasteiger partial charge in [0.1, 0.15) is 5.82 Å². The smallest absolute Gasteiger partial charge is 0.222 e. The lowest BCUT2D eigenvalue weighted by molar-refractivity contribution is -0.122. The Labute approximate surface area is 139 Å². The first-order valence-corrected chi connectivity index (χ1v) is 8.15. The minimum absolute atomic E-state index is 0. The molecule has 118 valence electrons. The third-order valence-corrected chi connectivity index (χ3v) is 4.67. The number of amides is 1. The second-order valence-corrected chi connectivity index (χ2v) is 6.45. The van der Waals surface area contributed by atoms with Gasteiger partial charge in [-0.1, -0.05) is 17.7 Å². The van der Waals surface area contributed by atoms with Gasteiger partial charge in [0, 0.05) is 30.5 Å². The zero-order valence-corrected chi connectivity index (χ0v) is 14.1. The molecular formula is C14H19Cl2FN2OS. The van der Waals surface area contributed by atoms with Crippen molar-refractivity contribution in [2.45, 2.75) is 25.4 Å². The molecule has 2 rings (SSSR count). The molecule has 0 spiro atoms. The van der Waals surface area contributed by atoms with E-state index >= 15 is 0 Å². The maximum Gasteiger partial charge on any atom is 0.222 e. The number of benzene rings is 1. The normalized spacial score (nSPS) is 19.5. The number of nitrogens with one attached hydrogen (secondary N) is 2. The number of rotatable bonds is 4. The van der Waals surface area contributed by atoms with E-state index in [4.69, 9.17) is 11.6 Å². The molecule has 3 nitrogen and oxygen atoms in total. The average Bonchev–Trinajstić information content (AvgIpc) is 2.42. The van der Waals surface area contributed by atoms with Crippen molar-refractivity contribution in [3.63, 3.8) is 0 Å². The van der Waals surface area contributed by atoms with Crippen LogP contribution in [0.3, 0.4) is 0 Å². The molecule has 1 heterocycles. The van der Waals surface area contributed by atoms with Gasteiger partial charge in [-0.15, -0.1) is 12.4 Å². The van der Waals surface area contributed by atoms with E-state index in [1.54, 1.807) is 12.1 Å². The van der Waals surface area contributed by atoms with E-state index in [9.17, 15) is 9.18 Å². The molecule has 1 amide bonds. The number of carbonyl (C=O) groups is 1. The fourth-order valence-electron chi connectivity index (χ4n) is 2.14. The van der Waals surface area contributed by atoms with Crippen LogP contribution in [0.5, 0.6) is 0 Å². The summed E-state index contributed by atoms with van der Waals surface area (Å²) in [6, 6.07) is 4.56. The van der Waals surface area contributed by atoms with Gasteiger partial charge in [0.25, 0.3) is 0 Å². The van der Waals surface area contributed by atoms with Gasteiger partial charge in [-0.2, -0.15) is 11.8 Å². The third kappa shape index (κ3) is 5.66. The number of hydrogen-bond acceptors (Lipinski definition) is 3. The summed E-state index contributed by atoms with van der Waals surface area (Å²) in [5.74, 6) is 1.61. The van der Waals surface area contributed by atoms with E-state index in [0.717, 1.165) is 23.6 Å². The zero-order valence-electron chi connectivity index (χ0n) is 11.7. The Balaban J connectivity index is 0.00000220. The maximum absolute atomic E-state index is 13.1. The highest BCUT2D eigenvalue weighted by Gasteiger charge is 2.18. The molecule has 0 aliphatic carbocycles. The van der Waals surface area contributed by atoms with Crippen LogP contribution in [0, 0.1) is 5.82 Å². The second kappa shape index (κ2) is 8.83. The van der Waals surface area contributed by atoms with Gasteiger partial charge < -0.3 is 10.6 Å². The molecule has 2 unspecified atom stereocenters. The van der Waals surface area contributed by atoms with E-state index in [-0.39, 0.29) is 35.4 Å². The average molecular weight is 353 g/mol. The van der Waals surface area contributed by atoms with Crippen LogP contribution in [0.4, 0.5) is 4.39 Å². The maximum atomic E-state index is 13.1. The number of thioether (sulfide) groups is 1. The van der Waals surface area contributed by atoms with Crippen molar-refractivity contribution in [3.8, 4) is 0 Å². The van der Waals surface area contributed by atoms with Crippen LogP contribution in [0.25, 0.3) is 0 Å². The van der Waals surface area contributed by atoms with E-state index < -0.39 is 5.82 Å². The van der Waals surface area contributed by atoms with Crippen molar-refractivity contribution in [2.24, 2.45) is 0 Å². The lowest BCUT2D eigenvalue weighted by Gasteiger charge is -2.23. The molecule has 7 heteroatoms. The highest BCUT2D eigenvalue weighted by atomic mass is 35.5. The predicted molar refractivity (Wildman–Crippen MR) is 88.9 cm³/mol. The summed E-state index contributed by atoms with van der Waals surface area (Å²) in [4.78, 5) is 12.0. The number of hydrogen-bond donors (Lipinski definition) is 2. The SMILES string of the molecule is CC(NC(=O)CC1CSCCN1)c1ccc(F)c(Cl)c1.Cl. The van der Waals surface area contributed by atoms with Crippen molar-refractivity contribution < 1.29 is 9.18 Å². The van der Waals surface area contributed by atoms with Crippen molar-refractivity contribution in [3.05, 3.63) is 34.6 Å². The third-order valence-electron chi connectivity index (χ3n) is 3.25. The molecule has 1 saturated heterocycles. The van der Waals surface area contributed by atoms with Crippen LogP contribution < -0.4 is 10.6 Å². The van der Waals surface area contributed by atoms with Gasteiger partial charge in [-0.25, -0.2) is 4.39 Å². The Kier molecular flexibility index (Phi) is 7.81. The summed E-state index contributed by atoms with van der Waals surface area (Å²) in [6.07, 6.45) is 0.465. The molecule has 1 fully saturated rings. The fourth-order valence-corrected chi connectivity index (χ4v) is 3.28. The van der Waals surface area contributed by atoms with Crippen LogP contribution >= 0.6 is 35.8 Å². The van der Waals surface area contributed by atoms with Crippen LogP contribution in [-0.2, 0) is 4.79 Å². The van der Waals surface area contributed by atoms with E-state index in [0.29, 0.717) is 6.42 Å². The van der Waals surface area contributed by atoms with Crippen molar-refractivity contribution in [1.82, 2.24) is 10.6 Å². The highest BCUT2D eigenvalue weighted by molar-refractivity contribution is 7.99. The molecule has 1 aromatic rings. The number of carbonyl (C=O) groups excluding carboxylic acids is 1. The Hall–Kier alpha value is -0.490. The Bertz CT molecular complexity index is 484. The predicted octanol–water partition coefficient (Wildman–Crippen LogP) is 3.17. The van der Waals surface area contributed by atoms with Crippen LogP contribution in [0.1, 0.15) is 24.9 Å². The largest absolute Gasteiger partial charge is 0.350 e. The van der Waals surface area contributed by atoms with Crippen molar-refractivity contribution in [1.29, 1.82) is 0 Å². The lowest BCUT2D eigenvalue weighted by Crippen LogP contribution is -2.41. The molecule has 2 N–H and O–H groups in total. The molecular weight excluding hydrogens is 334 g/mol. The zero-order chi connectivity index (χ0) is 14.5. The first-order chi connectivity index (χ1) is 9.56. The highest BCUT2D eigenvalue weighted by Crippen LogP contribution is 2.21. The van der Waals surface area contributed by atoms with Crippen LogP contribution in [0.2, 0.25) is 5.02 Å². The summed E-state index contributed by atoms with van der Waals surface area (Å²) in [5, 5.41) is 6.33. The van der Waals surface area contributed by atoms with Gasteiger partial charge in [0.05, 0.1) is 11.1 Å². The summed E-state index contributed by atoms with van der Waals surface area (Å²) in [5.41, 5.74) is 0.802. The second-order valence-electron chi connectivity index (χ2n) is 4.89. The summed E-state index contributed by atoms with van der Waals surface area (Å²) < 4.78 is 13.1. The van der Waals surface area contributed by atoms with Gasteiger partial charge >= 0.3 is 0 Å². The minimum atomic E-state index is -0.447. The molecule has 1 aliphatic rings. The summed E-state index contributed by atoms with van der Waals surface area (Å²) >= 11 is 7.61. The summed E-state index contributed by atoms with van der Waals surface area (Å²) in [6.45, 7) is 2.82. The quantitative estimate of drug-likeness (QED) is 0.874. The molecule has 0 bridgehead atoms. The monoisotopic (exact) mass is 352 g/mol. The Morgan fingerprint density at radius 2 is 2.38 bits per heavy atom. The van der Waals surface area contributed by atoms with Crippen LogP contribution in [0.15, 0.2) is 18.2 Å². The van der Waals surface area contributed by atoms with Gasteiger partial charge in [0.15, 0.2) is 0 Å². The van der Waals surface area contributed by atoms with Crippen LogP contribution in [-0.4, -0.2) is 30.0 Å². The van der Waals surface area contributed by atoms with Crippen molar-refractivity contribution in [2.75, 3.05) is 18.1 Å².